The number of alkyl carbamates (subject to hydrolysis) is 1. The fourth-order valence-corrected chi connectivity index (χ4v) is 5.08. The van der Waals surface area contributed by atoms with E-state index in [1.54, 1.807) is 12.3 Å². The molecule has 2 N–H and O–H groups in total. The van der Waals surface area contributed by atoms with Crippen molar-refractivity contribution >= 4 is 23.5 Å². The van der Waals surface area contributed by atoms with Crippen LogP contribution in [-0.4, -0.2) is 49.0 Å². The zero-order valence-corrected chi connectivity index (χ0v) is 21.2. The smallest absolute Gasteiger partial charge is 0.407 e. The van der Waals surface area contributed by atoms with E-state index in [2.05, 4.69) is 27.5 Å². The van der Waals surface area contributed by atoms with Gasteiger partial charge in [0, 0.05) is 43.3 Å². The number of halogens is 2. The van der Waals surface area contributed by atoms with E-state index >= 15 is 0 Å². The molecule has 0 spiro atoms. The highest BCUT2D eigenvalue weighted by atomic mass is 35.5. The quantitative estimate of drug-likeness (QED) is 0.509. The van der Waals surface area contributed by atoms with Crippen LogP contribution in [0.5, 0.6) is 0 Å². The molecule has 2 aromatic rings. The van der Waals surface area contributed by atoms with Gasteiger partial charge in [-0.1, -0.05) is 18.5 Å². The van der Waals surface area contributed by atoms with Gasteiger partial charge in [-0.15, -0.1) is 0 Å². The van der Waals surface area contributed by atoms with E-state index in [0.29, 0.717) is 23.2 Å². The predicted octanol–water partition coefficient (Wildman–Crippen LogP) is 5.62. The van der Waals surface area contributed by atoms with Gasteiger partial charge < -0.3 is 20.1 Å². The first kappa shape index (κ1) is 25.6. The highest BCUT2D eigenvalue weighted by Gasteiger charge is 2.28. The number of ether oxygens (including phenoxy) is 2. The summed E-state index contributed by atoms with van der Waals surface area (Å²) in [5.41, 5.74) is 2.35. The van der Waals surface area contributed by atoms with E-state index in [4.69, 9.17) is 21.1 Å². The normalized spacial score (nSPS) is 21.8. The van der Waals surface area contributed by atoms with Crippen molar-refractivity contribution in [2.24, 2.45) is 11.3 Å². The Hall–Kier alpha value is -2.45. The minimum Gasteiger partial charge on any atom is -0.453 e. The topological polar surface area (TPSA) is 85.4 Å². The summed E-state index contributed by atoms with van der Waals surface area (Å²) in [7, 11) is 1.38. The molecule has 2 aromatic heterocycles. The van der Waals surface area contributed by atoms with Crippen LogP contribution in [0.4, 0.5) is 15.0 Å². The maximum absolute atomic E-state index is 14.6. The Morgan fingerprint density at radius 2 is 2.00 bits per heavy atom. The number of aromatic nitrogens is 2. The first-order chi connectivity index (χ1) is 16.8. The fourth-order valence-electron chi connectivity index (χ4n) is 4.88. The van der Waals surface area contributed by atoms with E-state index < -0.39 is 0 Å². The third-order valence-corrected chi connectivity index (χ3v) is 7.57. The lowest BCUT2D eigenvalue weighted by Crippen LogP contribution is -2.37. The summed E-state index contributed by atoms with van der Waals surface area (Å²) in [5, 5.41) is 6.59. The van der Waals surface area contributed by atoms with Gasteiger partial charge in [0.25, 0.3) is 0 Å². The molecule has 2 aliphatic rings. The molecule has 3 heterocycles. The van der Waals surface area contributed by atoms with E-state index in [9.17, 15) is 9.18 Å². The number of anilines is 1. The lowest BCUT2D eigenvalue weighted by Gasteiger charge is -2.33. The zero-order chi connectivity index (χ0) is 24.8. The minimum atomic E-state index is -0.382. The van der Waals surface area contributed by atoms with Crippen molar-refractivity contribution in [3.63, 3.8) is 0 Å². The van der Waals surface area contributed by atoms with E-state index in [0.717, 1.165) is 69.4 Å². The summed E-state index contributed by atoms with van der Waals surface area (Å²) < 4.78 is 24.7. The molecule has 1 amide bonds. The first-order valence-corrected chi connectivity index (χ1v) is 12.7. The van der Waals surface area contributed by atoms with Crippen LogP contribution in [0.2, 0.25) is 5.02 Å². The van der Waals surface area contributed by atoms with Gasteiger partial charge in [-0.2, -0.15) is 0 Å². The van der Waals surface area contributed by atoms with Crippen molar-refractivity contribution in [1.82, 2.24) is 15.3 Å². The zero-order valence-electron chi connectivity index (χ0n) is 20.4. The van der Waals surface area contributed by atoms with Gasteiger partial charge >= 0.3 is 6.09 Å². The largest absolute Gasteiger partial charge is 0.453 e. The van der Waals surface area contributed by atoms with Crippen molar-refractivity contribution < 1.29 is 18.7 Å². The number of carbonyl (C=O) groups is 1. The Labute approximate surface area is 211 Å². The number of nitrogens with zero attached hydrogens (tertiary/aromatic N) is 2. The highest BCUT2D eigenvalue weighted by Crippen LogP contribution is 2.33. The Morgan fingerprint density at radius 3 is 2.71 bits per heavy atom. The number of hydrogen-bond donors (Lipinski definition) is 2. The lowest BCUT2D eigenvalue weighted by molar-refractivity contribution is 0.0299. The Bertz CT molecular complexity index is 1020. The van der Waals surface area contributed by atoms with Crippen molar-refractivity contribution in [3.05, 3.63) is 40.9 Å². The number of pyridine rings is 2. The molecule has 1 saturated heterocycles. The molecule has 1 aliphatic heterocycles. The van der Waals surface area contributed by atoms with Gasteiger partial charge in [0.05, 0.1) is 17.8 Å². The summed E-state index contributed by atoms with van der Waals surface area (Å²) in [6, 6.07) is 5.21. The fraction of sp³-hybridized carbons (Fsp3) is 0.577. The van der Waals surface area contributed by atoms with Gasteiger partial charge in [-0.25, -0.2) is 14.2 Å². The number of hydrogen-bond acceptors (Lipinski definition) is 6. The molecule has 190 valence electrons. The second-order valence-electron chi connectivity index (χ2n) is 10.0. The van der Waals surface area contributed by atoms with Crippen LogP contribution in [-0.2, 0) is 15.9 Å². The number of rotatable bonds is 7. The van der Waals surface area contributed by atoms with Crippen LogP contribution >= 0.6 is 11.6 Å². The van der Waals surface area contributed by atoms with Crippen molar-refractivity contribution in [3.8, 4) is 11.3 Å². The molecular weight excluding hydrogens is 471 g/mol. The maximum Gasteiger partial charge on any atom is 0.407 e. The molecular formula is C26H34ClFN4O3. The molecule has 0 atom stereocenters. The average Bonchev–Trinajstić information content (AvgIpc) is 2.86. The Morgan fingerprint density at radius 1 is 1.26 bits per heavy atom. The first-order valence-electron chi connectivity index (χ1n) is 12.3. The minimum absolute atomic E-state index is 0.0508. The highest BCUT2D eigenvalue weighted by molar-refractivity contribution is 6.33. The van der Waals surface area contributed by atoms with Crippen LogP contribution in [0, 0.1) is 17.2 Å². The second kappa shape index (κ2) is 11.5. The second-order valence-corrected chi connectivity index (χ2v) is 10.4. The number of amides is 1. The van der Waals surface area contributed by atoms with Gasteiger partial charge in [-0.3, -0.25) is 4.98 Å². The maximum atomic E-state index is 14.6. The molecule has 9 heteroatoms. The number of carbonyl (C=O) groups excluding carboxylic acids is 1. The monoisotopic (exact) mass is 504 g/mol. The van der Waals surface area contributed by atoms with E-state index in [-0.39, 0.29) is 29.2 Å². The average molecular weight is 505 g/mol. The molecule has 35 heavy (non-hydrogen) atoms. The number of nitrogens with one attached hydrogen (secondary N) is 2. The van der Waals surface area contributed by atoms with Gasteiger partial charge in [-0.05, 0) is 74.5 Å². The summed E-state index contributed by atoms with van der Waals surface area (Å²) >= 11 is 6.49. The third kappa shape index (κ3) is 6.82. The van der Waals surface area contributed by atoms with Crippen LogP contribution < -0.4 is 10.6 Å². The predicted molar refractivity (Wildman–Crippen MR) is 134 cm³/mol. The lowest BCUT2D eigenvalue weighted by atomic mass is 9.82. The summed E-state index contributed by atoms with van der Waals surface area (Å²) in [4.78, 5) is 20.5. The summed E-state index contributed by atoms with van der Waals surface area (Å²) in [6.45, 7) is 4.28. The van der Waals surface area contributed by atoms with Gasteiger partial charge in [0.1, 0.15) is 0 Å². The Balaban J connectivity index is 1.42. The number of methoxy groups -OCH3 is 1. The van der Waals surface area contributed by atoms with Crippen LogP contribution in [0.3, 0.4) is 0 Å². The van der Waals surface area contributed by atoms with E-state index in [1.165, 1.54) is 13.2 Å². The molecule has 0 aromatic carbocycles. The molecule has 7 nitrogen and oxygen atoms in total. The molecule has 4 rings (SSSR count). The van der Waals surface area contributed by atoms with Gasteiger partial charge in [0.2, 0.25) is 0 Å². The molecule has 2 fully saturated rings. The van der Waals surface area contributed by atoms with Crippen LogP contribution in [0.1, 0.15) is 51.1 Å². The van der Waals surface area contributed by atoms with Gasteiger partial charge in [0.15, 0.2) is 11.6 Å². The van der Waals surface area contributed by atoms with Crippen molar-refractivity contribution in [1.29, 1.82) is 0 Å². The van der Waals surface area contributed by atoms with Crippen molar-refractivity contribution in [2.75, 3.05) is 32.2 Å². The summed E-state index contributed by atoms with van der Waals surface area (Å²) in [5.74, 6) is 0.332. The molecule has 0 bridgehead atoms. The SMILES string of the molecule is COC(=O)NC1CCC(Cc2cc(-c3ccc(F)c(NCC4(C)CCOCC4)n3)c(Cl)cn2)CC1. The molecule has 1 saturated carbocycles. The standard InChI is InChI=1S/C26H34ClFN4O3/c1-26(9-11-35-12-10-26)16-30-24-22(28)7-8-23(32-24)20-14-19(29-15-21(20)27)13-17-3-5-18(6-4-17)31-25(33)34-2/h7-8,14-15,17-18H,3-6,9-13,16H2,1-2H3,(H,30,32)(H,31,33). The molecule has 0 unspecified atom stereocenters. The van der Waals surface area contributed by atoms with Crippen molar-refractivity contribution in [2.45, 2.75) is 57.9 Å². The molecule has 0 radical (unpaired) electrons. The Kier molecular flexibility index (Phi) is 8.44. The summed E-state index contributed by atoms with van der Waals surface area (Å²) in [6.07, 6.45) is 7.80. The van der Waals surface area contributed by atoms with Crippen LogP contribution in [0.15, 0.2) is 24.4 Å². The van der Waals surface area contributed by atoms with E-state index in [1.807, 2.05) is 6.07 Å². The third-order valence-electron chi connectivity index (χ3n) is 7.27. The molecule has 1 aliphatic carbocycles. The van der Waals surface area contributed by atoms with Crippen LogP contribution in [0.25, 0.3) is 11.3 Å².